The molecule has 0 radical (unpaired) electrons. The van der Waals surface area contributed by atoms with Crippen LogP contribution in [0, 0.1) is 12.8 Å². The summed E-state index contributed by atoms with van der Waals surface area (Å²) in [6.45, 7) is 1.81. The lowest BCUT2D eigenvalue weighted by molar-refractivity contribution is -0.141. The van der Waals surface area contributed by atoms with Crippen molar-refractivity contribution in [1.29, 1.82) is 0 Å². The van der Waals surface area contributed by atoms with Crippen molar-refractivity contribution in [2.75, 3.05) is 0 Å². The average Bonchev–Trinajstić information content (AvgIpc) is 3.14. The summed E-state index contributed by atoms with van der Waals surface area (Å²) in [6.07, 6.45) is 3.48. The van der Waals surface area contributed by atoms with Crippen molar-refractivity contribution in [1.82, 2.24) is 15.1 Å². The van der Waals surface area contributed by atoms with Gasteiger partial charge in [0.05, 0.1) is 16.6 Å². The molecule has 1 heterocycles. The van der Waals surface area contributed by atoms with Gasteiger partial charge in [-0.25, -0.2) is 4.68 Å². The van der Waals surface area contributed by atoms with E-state index in [1.54, 1.807) is 16.9 Å². The van der Waals surface area contributed by atoms with Gasteiger partial charge in [-0.05, 0) is 38.3 Å². The van der Waals surface area contributed by atoms with Crippen LogP contribution >= 0.6 is 11.6 Å². The zero-order chi connectivity index (χ0) is 17.3. The van der Waals surface area contributed by atoms with E-state index in [-0.39, 0.29) is 17.9 Å². The summed E-state index contributed by atoms with van der Waals surface area (Å²) >= 11 is 6.17. The fourth-order valence-corrected chi connectivity index (χ4v) is 3.26. The SMILES string of the molecule is Cc1cn(-c2ccccc2Cl)nc1C(=O)N[C@H]1CC[C@@H](C(=O)O)C1. The minimum atomic E-state index is -0.800. The molecule has 1 saturated carbocycles. The Hall–Kier alpha value is -2.34. The number of nitrogens with one attached hydrogen (secondary N) is 1. The number of para-hydroxylation sites is 1. The third-order valence-corrected chi connectivity index (χ3v) is 4.65. The zero-order valence-electron chi connectivity index (χ0n) is 13.2. The number of aromatic nitrogens is 2. The zero-order valence-corrected chi connectivity index (χ0v) is 14.0. The molecule has 0 spiro atoms. The van der Waals surface area contributed by atoms with Gasteiger partial charge in [0.1, 0.15) is 0 Å². The Bertz CT molecular complexity index is 787. The molecule has 7 heteroatoms. The minimum Gasteiger partial charge on any atom is -0.481 e. The predicted octanol–water partition coefficient (Wildman–Crippen LogP) is 2.82. The van der Waals surface area contributed by atoms with Crippen molar-refractivity contribution >= 4 is 23.5 Å². The second-order valence-corrected chi connectivity index (χ2v) is 6.48. The van der Waals surface area contributed by atoms with Crippen LogP contribution in [0.5, 0.6) is 0 Å². The smallest absolute Gasteiger partial charge is 0.306 e. The number of aryl methyl sites for hydroxylation is 1. The highest BCUT2D eigenvalue weighted by molar-refractivity contribution is 6.32. The fourth-order valence-electron chi connectivity index (χ4n) is 3.04. The monoisotopic (exact) mass is 347 g/mol. The number of halogens is 1. The quantitative estimate of drug-likeness (QED) is 0.890. The molecule has 2 atom stereocenters. The Morgan fingerprint density at radius 1 is 1.33 bits per heavy atom. The maximum Gasteiger partial charge on any atom is 0.306 e. The Kier molecular flexibility index (Phi) is 4.57. The Morgan fingerprint density at radius 2 is 2.08 bits per heavy atom. The molecule has 126 valence electrons. The highest BCUT2D eigenvalue weighted by Crippen LogP contribution is 2.26. The molecule has 0 bridgehead atoms. The average molecular weight is 348 g/mol. The molecule has 0 unspecified atom stereocenters. The maximum atomic E-state index is 12.5. The van der Waals surface area contributed by atoms with Crippen LogP contribution in [0.2, 0.25) is 5.02 Å². The van der Waals surface area contributed by atoms with Crippen LogP contribution in [0.25, 0.3) is 5.69 Å². The van der Waals surface area contributed by atoms with Gasteiger partial charge in [0, 0.05) is 17.8 Å². The van der Waals surface area contributed by atoms with E-state index in [2.05, 4.69) is 10.4 Å². The summed E-state index contributed by atoms with van der Waals surface area (Å²) in [5.41, 5.74) is 1.77. The highest BCUT2D eigenvalue weighted by Gasteiger charge is 2.31. The minimum absolute atomic E-state index is 0.122. The Morgan fingerprint density at radius 3 is 2.75 bits per heavy atom. The van der Waals surface area contributed by atoms with Gasteiger partial charge in [0.2, 0.25) is 0 Å². The van der Waals surface area contributed by atoms with Gasteiger partial charge >= 0.3 is 5.97 Å². The standard InChI is InChI=1S/C17H18ClN3O3/c1-10-9-21(14-5-3-2-4-13(14)18)20-15(10)16(22)19-12-7-6-11(8-12)17(23)24/h2-5,9,11-12H,6-8H2,1H3,(H,19,22)(H,23,24)/t11-,12+/m1/s1. The molecule has 1 aliphatic rings. The third kappa shape index (κ3) is 3.28. The van der Waals surface area contributed by atoms with Crippen molar-refractivity contribution in [2.24, 2.45) is 5.92 Å². The number of nitrogens with zero attached hydrogens (tertiary/aromatic N) is 2. The predicted molar refractivity (Wildman–Crippen MR) is 89.5 cm³/mol. The summed E-state index contributed by atoms with van der Waals surface area (Å²) in [5, 5.41) is 16.8. The van der Waals surface area contributed by atoms with Crippen molar-refractivity contribution in [3.63, 3.8) is 0 Å². The number of carbonyl (C=O) groups excluding carboxylic acids is 1. The van der Waals surface area contributed by atoms with E-state index in [4.69, 9.17) is 16.7 Å². The van der Waals surface area contributed by atoms with Crippen molar-refractivity contribution < 1.29 is 14.7 Å². The molecule has 0 saturated heterocycles. The number of carboxylic acid groups (broad SMARTS) is 1. The van der Waals surface area contributed by atoms with E-state index in [9.17, 15) is 9.59 Å². The topological polar surface area (TPSA) is 84.2 Å². The Balaban J connectivity index is 1.75. The lowest BCUT2D eigenvalue weighted by Crippen LogP contribution is -2.34. The number of rotatable bonds is 4. The molecular formula is C17H18ClN3O3. The first-order valence-corrected chi connectivity index (χ1v) is 8.18. The molecule has 1 aromatic carbocycles. The number of aliphatic carboxylic acids is 1. The summed E-state index contributed by atoms with van der Waals surface area (Å²) in [6, 6.07) is 7.14. The van der Waals surface area contributed by atoms with E-state index in [0.717, 1.165) is 5.56 Å². The van der Waals surface area contributed by atoms with E-state index in [1.807, 2.05) is 25.1 Å². The first-order chi connectivity index (χ1) is 11.5. The molecule has 3 rings (SSSR count). The van der Waals surface area contributed by atoms with Gasteiger partial charge in [-0.3, -0.25) is 9.59 Å². The van der Waals surface area contributed by atoms with Crippen molar-refractivity contribution in [3.05, 3.63) is 46.7 Å². The summed E-state index contributed by atoms with van der Waals surface area (Å²) in [7, 11) is 0. The number of hydrogen-bond acceptors (Lipinski definition) is 3. The number of amides is 1. The normalized spacial score (nSPS) is 20.1. The molecule has 1 amide bonds. The van der Waals surface area contributed by atoms with E-state index in [0.29, 0.717) is 35.7 Å². The lowest BCUT2D eigenvalue weighted by Gasteiger charge is -2.11. The maximum absolute atomic E-state index is 12.5. The summed E-state index contributed by atoms with van der Waals surface area (Å²) < 4.78 is 1.58. The van der Waals surface area contributed by atoms with Crippen LogP contribution in [0.15, 0.2) is 30.5 Å². The molecule has 2 N–H and O–H groups in total. The van der Waals surface area contributed by atoms with E-state index in [1.165, 1.54) is 0 Å². The van der Waals surface area contributed by atoms with Gasteiger partial charge in [0.25, 0.3) is 5.91 Å². The molecule has 1 fully saturated rings. The molecule has 2 aromatic rings. The second kappa shape index (κ2) is 6.65. The van der Waals surface area contributed by atoms with Crippen LogP contribution in [0.1, 0.15) is 35.3 Å². The fraction of sp³-hybridized carbons (Fsp3) is 0.353. The van der Waals surface area contributed by atoms with Crippen LogP contribution in [0.3, 0.4) is 0 Å². The molecule has 1 aliphatic carbocycles. The van der Waals surface area contributed by atoms with E-state index < -0.39 is 5.97 Å². The number of carboxylic acids is 1. The summed E-state index contributed by atoms with van der Waals surface area (Å²) in [5.74, 6) is -1.46. The Labute approximate surface area is 144 Å². The van der Waals surface area contributed by atoms with Crippen molar-refractivity contribution in [3.8, 4) is 5.69 Å². The van der Waals surface area contributed by atoms with Crippen LogP contribution in [-0.4, -0.2) is 32.8 Å². The van der Waals surface area contributed by atoms with Crippen LogP contribution in [0.4, 0.5) is 0 Å². The number of carbonyl (C=O) groups is 2. The van der Waals surface area contributed by atoms with Gasteiger partial charge in [0.15, 0.2) is 5.69 Å². The molecule has 1 aromatic heterocycles. The first kappa shape index (κ1) is 16.5. The molecule has 0 aliphatic heterocycles. The highest BCUT2D eigenvalue weighted by atomic mass is 35.5. The number of benzene rings is 1. The van der Waals surface area contributed by atoms with Crippen molar-refractivity contribution in [2.45, 2.75) is 32.2 Å². The van der Waals surface area contributed by atoms with Gasteiger partial charge < -0.3 is 10.4 Å². The second-order valence-electron chi connectivity index (χ2n) is 6.08. The first-order valence-electron chi connectivity index (χ1n) is 7.80. The van der Waals surface area contributed by atoms with Crippen LogP contribution < -0.4 is 5.32 Å². The van der Waals surface area contributed by atoms with E-state index >= 15 is 0 Å². The third-order valence-electron chi connectivity index (χ3n) is 4.33. The number of hydrogen-bond donors (Lipinski definition) is 2. The van der Waals surface area contributed by atoms with Crippen LogP contribution in [-0.2, 0) is 4.79 Å². The molecule has 6 nitrogen and oxygen atoms in total. The van der Waals surface area contributed by atoms with Gasteiger partial charge in [-0.1, -0.05) is 23.7 Å². The van der Waals surface area contributed by atoms with Gasteiger partial charge in [-0.15, -0.1) is 0 Å². The summed E-state index contributed by atoms with van der Waals surface area (Å²) in [4.78, 5) is 23.5. The molecule has 24 heavy (non-hydrogen) atoms. The van der Waals surface area contributed by atoms with Gasteiger partial charge in [-0.2, -0.15) is 5.10 Å². The molecular weight excluding hydrogens is 330 g/mol. The lowest BCUT2D eigenvalue weighted by atomic mass is 10.1. The largest absolute Gasteiger partial charge is 0.481 e.